The van der Waals surface area contributed by atoms with E-state index >= 15 is 0 Å². The molecule has 8 aromatic carbocycles. The molecule has 52 heavy (non-hydrogen) atoms. The average molecular weight is 661 g/mol. The summed E-state index contributed by atoms with van der Waals surface area (Å²) in [5.74, 6) is 0. The van der Waals surface area contributed by atoms with Crippen molar-refractivity contribution >= 4 is 43.9 Å². The fraction of sp³-hybridized carbons (Fsp3) is 0.0400. The van der Waals surface area contributed by atoms with Gasteiger partial charge in [0.2, 0.25) is 0 Å². The molecular weight excluding hydrogens is 633 g/mol. The Kier molecular flexibility index (Phi) is 4.99. The Balaban J connectivity index is 1.25. The molecule has 2 nitrogen and oxygen atoms in total. The van der Waals surface area contributed by atoms with Crippen LogP contribution in [0.4, 0.5) is 0 Å². The minimum absolute atomic E-state index is 0.899. The third-order valence-electron chi connectivity index (χ3n) is 12.1. The molecule has 2 heterocycles. The lowest BCUT2D eigenvalue weighted by molar-refractivity contribution is 0.668. The highest BCUT2D eigenvalue weighted by molar-refractivity contribution is 6.17. The molecular formula is C50H28O2. The van der Waals surface area contributed by atoms with Gasteiger partial charge >= 0.3 is 0 Å². The lowest BCUT2D eigenvalue weighted by Crippen LogP contribution is -2.02. The molecule has 240 valence electrons. The van der Waals surface area contributed by atoms with Crippen molar-refractivity contribution in [2.45, 2.75) is 12.8 Å². The van der Waals surface area contributed by atoms with Crippen LogP contribution >= 0.6 is 0 Å². The summed E-state index contributed by atoms with van der Waals surface area (Å²) in [6.07, 6.45) is 1.80. The van der Waals surface area contributed by atoms with Crippen molar-refractivity contribution in [2.75, 3.05) is 0 Å². The SMILES string of the molecule is c1ccc2c(c1)Cc1c-2ccc2c1-c1cc3oc4ccccc4c3cc1-c1cc3c(cc1-c1c-2ccc2c1Cc1ccccc1-2)oc1ccccc13. The Morgan fingerprint density at radius 3 is 1.21 bits per heavy atom. The van der Waals surface area contributed by atoms with Gasteiger partial charge in [0.1, 0.15) is 22.3 Å². The van der Waals surface area contributed by atoms with Crippen molar-refractivity contribution in [3.8, 4) is 66.8 Å². The van der Waals surface area contributed by atoms with Crippen LogP contribution in [0.3, 0.4) is 0 Å². The summed E-state index contributed by atoms with van der Waals surface area (Å²) in [4.78, 5) is 0. The Hall–Kier alpha value is -6.64. The molecule has 0 unspecified atom stereocenters. The second-order valence-corrected chi connectivity index (χ2v) is 14.7. The summed E-state index contributed by atoms with van der Waals surface area (Å²) in [6.45, 7) is 0. The van der Waals surface area contributed by atoms with Gasteiger partial charge in [-0.2, -0.15) is 0 Å². The zero-order valence-corrected chi connectivity index (χ0v) is 28.1. The number of para-hydroxylation sites is 2. The molecule has 0 bridgehead atoms. The molecule has 0 saturated heterocycles. The van der Waals surface area contributed by atoms with Crippen LogP contribution in [-0.4, -0.2) is 0 Å². The van der Waals surface area contributed by atoms with E-state index in [-0.39, 0.29) is 0 Å². The van der Waals surface area contributed by atoms with Crippen molar-refractivity contribution in [2.24, 2.45) is 0 Å². The summed E-state index contributed by atoms with van der Waals surface area (Å²) in [5, 5.41) is 4.56. The van der Waals surface area contributed by atoms with Crippen LogP contribution in [0.25, 0.3) is 111 Å². The smallest absolute Gasteiger partial charge is 0.136 e. The van der Waals surface area contributed by atoms with E-state index in [0.717, 1.165) is 56.7 Å². The highest BCUT2D eigenvalue weighted by Crippen LogP contribution is 2.57. The lowest BCUT2D eigenvalue weighted by atomic mass is 9.76. The van der Waals surface area contributed by atoms with E-state index in [1.165, 1.54) is 89.0 Å². The van der Waals surface area contributed by atoms with E-state index in [0.29, 0.717) is 0 Å². The molecule has 2 aromatic heterocycles. The Bertz CT molecular complexity index is 3020. The van der Waals surface area contributed by atoms with Crippen molar-refractivity contribution < 1.29 is 8.83 Å². The highest BCUT2D eigenvalue weighted by Gasteiger charge is 2.33. The van der Waals surface area contributed by atoms with Crippen molar-refractivity contribution in [3.05, 3.63) is 168 Å². The summed E-state index contributed by atoms with van der Waals surface area (Å²) in [5.41, 5.74) is 24.6. The average Bonchev–Trinajstić information content (AvgIpc) is 3.95. The van der Waals surface area contributed by atoms with E-state index in [9.17, 15) is 0 Å². The summed E-state index contributed by atoms with van der Waals surface area (Å²) >= 11 is 0. The first-order chi connectivity index (χ1) is 25.8. The highest BCUT2D eigenvalue weighted by atomic mass is 16.3. The zero-order chi connectivity index (χ0) is 33.7. The monoisotopic (exact) mass is 660 g/mol. The van der Waals surface area contributed by atoms with Crippen LogP contribution in [0.1, 0.15) is 22.3 Å². The Morgan fingerprint density at radius 2 is 0.712 bits per heavy atom. The van der Waals surface area contributed by atoms with Gasteiger partial charge in [-0.05, 0) is 138 Å². The largest absolute Gasteiger partial charge is 0.456 e. The van der Waals surface area contributed by atoms with Gasteiger partial charge in [0.05, 0.1) is 0 Å². The van der Waals surface area contributed by atoms with Gasteiger partial charge in [0.15, 0.2) is 0 Å². The van der Waals surface area contributed by atoms with Gasteiger partial charge in [0.25, 0.3) is 0 Å². The second-order valence-electron chi connectivity index (χ2n) is 14.7. The number of fused-ring (bicyclic) bond motifs is 22. The maximum atomic E-state index is 6.64. The molecule has 10 aromatic rings. The van der Waals surface area contributed by atoms with E-state index < -0.39 is 0 Å². The number of furan rings is 2. The van der Waals surface area contributed by atoms with Crippen molar-refractivity contribution in [1.29, 1.82) is 0 Å². The zero-order valence-electron chi connectivity index (χ0n) is 28.1. The number of hydrogen-bond donors (Lipinski definition) is 0. The van der Waals surface area contributed by atoms with Crippen LogP contribution in [0, 0.1) is 0 Å². The maximum absolute atomic E-state index is 6.64. The molecule has 0 fully saturated rings. The predicted molar refractivity (Wildman–Crippen MR) is 213 cm³/mol. The van der Waals surface area contributed by atoms with E-state index in [4.69, 9.17) is 8.83 Å². The molecule has 0 N–H and O–H groups in total. The first-order valence-corrected chi connectivity index (χ1v) is 18.2. The molecule has 3 aliphatic carbocycles. The standard InChI is InChI=1S/C50H28O2/c1-3-11-29-27(9-1)21-41-31(29)17-19-35-36-20-18-32-30-12-4-2-10-28(30)22-42(32)50(36)44-26-48-40(34-14-6-8-16-46(34)52-48)24-38(44)37-23-39-33-13-5-7-15-45(33)51-47(39)25-43(37)49(35)41/h1-20,23-26H,21-22H2. The number of benzene rings is 8. The molecule has 3 aliphatic rings. The first kappa shape index (κ1) is 27.1. The molecule has 0 aliphatic heterocycles. The Labute approximate surface area is 299 Å². The number of hydrogen-bond acceptors (Lipinski definition) is 2. The molecule has 0 atom stereocenters. The topological polar surface area (TPSA) is 26.3 Å². The molecule has 13 rings (SSSR count). The molecule has 0 radical (unpaired) electrons. The van der Waals surface area contributed by atoms with E-state index in [2.05, 4.69) is 146 Å². The minimum atomic E-state index is 0.899. The second kappa shape index (κ2) is 9.57. The quantitative estimate of drug-likeness (QED) is 0.162. The fourth-order valence-electron chi connectivity index (χ4n) is 9.89. The predicted octanol–water partition coefficient (Wildman–Crippen LogP) is 13.6. The summed E-state index contributed by atoms with van der Waals surface area (Å²) in [6, 6.07) is 53.8. The lowest BCUT2D eigenvalue weighted by Gasteiger charge is -2.27. The molecule has 0 saturated carbocycles. The van der Waals surface area contributed by atoms with Crippen LogP contribution < -0.4 is 0 Å². The third kappa shape index (κ3) is 3.40. The summed E-state index contributed by atoms with van der Waals surface area (Å²) < 4.78 is 13.3. The van der Waals surface area contributed by atoms with Crippen molar-refractivity contribution in [3.63, 3.8) is 0 Å². The van der Waals surface area contributed by atoms with Crippen LogP contribution in [0.15, 0.2) is 154 Å². The van der Waals surface area contributed by atoms with Crippen molar-refractivity contribution in [1.82, 2.24) is 0 Å². The van der Waals surface area contributed by atoms with Gasteiger partial charge < -0.3 is 8.83 Å². The van der Waals surface area contributed by atoms with E-state index in [1.807, 2.05) is 0 Å². The number of rotatable bonds is 0. The molecule has 0 amide bonds. The minimum Gasteiger partial charge on any atom is -0.456 e. The van der Waals surface area contributed by atoms with Crippen LogP contribution in [-0.2, 0) is 12.8 Å². The van der Waals surface area contributed by atoms with Gasteiger partial charge in [0, 0.05) is 21.5 Å². The van der Waals surface area contributed by atoms with Crippen LogP contribution in [0.2, 0.25) is 0 Å². The van der Waals surface area contributed by atoms with E-state index in [1.54, 1.807) is 0 Å². The fourth-order valence-corrected chi connectivity index (χ4v) is 9.89. The Morgan fingerprint density at radius 1 is 0.288 bits per heavy atom. The first-order valence-electron chi connectivity index (χ1n) is 18.2. The molecule has 0 spiro atoms. The van der Waals surface area contributed by atoms with Gasteiger partial charge in [-0.25, -0.2) is 0 Å². The normalized spacial score (nSPS) is 13.2. The van der Waals surface area contributed by atoms with Crippen LogP contribution in [0.5, 0.6) is 0 Å². The maximum Gasteiger partial charge on any atom is 0.136 e. The van der Waals surface area contributed by atoms with Gasteiger partial charge in [-0.1, -0.05) is 109 Å². The molecule has 2 heteroatoms. The van der Waals surface area contributed by atoms with Gasteiger partial charge in [-0.3, -0.25) is 0 Å². The summed E-state index contributed by atoms with van der Waals surface area (Å²) in [7, 11) is 0. The van der Waals surface area contributed by atoms with Gasteiger partial charge in [-0.15, -0.1) is 0 Å². The third-order valence-corrected chi connectivity index (χ3v) is 12.1.